The summed E-state index contributed by atoms with van der Waals surface area (Å²) in [5, 5.41) is 0.607. The Morgan fingerprint density at radius 3 is 2.45 bits per heavy atom. The molecule has 0 radical (unpaired) electrons. The Hall–Kier alpha value is -0.543. The molecule has 164 valence electrons. The molecule has 1 aliphatic heterocycles. The highest BCUT2D eigenvalue weighted by molar-refractivity contribution is 6.58. The Kier molecular flexibility index (Phi) is 9.84. The average Bonchev–Trinajstić information content (AvgIpc) is 2.74. The van der Waals surface area contributed by atoms with Crippen LogP contribution in [0.25, 0.3) is 0 Å². The van der Waals surface area contributed by atoms with E-state index in [-0.39, 0.29) is 8.80 Å². The zero-order valence-corrected chi connectivity index (χ0v) is 20.2. The summed E-state index contributed by atoms with van der Waals surface area (Å²) in [5.74, 6) is 3.65. The fourth-order valence-electron chi connectivity index (χ4n) is 5.98. The van der Waals surface area contributed by atoms with Crippen LogP contribution in [0.15, 0.2) is 18.2 Å². The van der Waals surface area contributed by atoms with Crippen molar-refractivity contribution in [1.29, 1.82) is 0 Å². The van der Waals surface area contributed by atoms with Gasteiger partial charge in [-0.15, -0.1) is 0 Å². The van der Waals surface area contributed by atoms with E-state index in [0.29, 0.717) is 10.8 Å². The molecule has 1 aliphatic carbocycles. The Labute approximate surface area is 184 Å². The molecule has 0 bridgehead atoms. The van der Waals surface area contributed by atoms with Crippen LogP contribution in [-0.4, -0.2) is 15.7 Å². The minimum Gasteiger partial charge on any atom is -0.463 e. The van der Waals surface area contributed by atoms with Crippen molar-refractivity contribution < 1.29 is 9.13 Å². The molecule has 0 amide bonds. The summed E-state index contributed by atoms with van der Waals surface area (Å²) >= 11 is 6.00. The minimum atomic E-state index is -0.793. The molecule has 2 fully saturated rings. The molecular weight excluding hydrogens is 399 g/mol. The highest BCUT2D eigenvalue weighted by Gasteiger charge is 2.30. The van der Waals surface area contributed by atoms with E-state index in [9.17, 15) is 4.39 Å². The molecule has 1 saturated heterocycles. The van der Waals surface area contributed by atoms with E-state index in [1.54, 1.807) is 37.0 Å². The van der Waals surface area contributed by atoms with Crippen LogP contribution in [0.1, 0.15) is 76.7 Å². The zero-order chi connectivity index (χ0) is 20.5. The second-order valence-corrected chi connectivity index (χ2v) is 13.5. The maximum atomic E-state index is 12.6. The Morgan fingerprint density at radius 2 is 1.76 bits per heavy atom. The second-order valence-electron chi connectivity index (χ2n) is 9.60. The molecule has 0 aromatic heterocycles. The number of aryl methyl sites for hydroxylation is 1. The van der Waals surface area contributed by atoms with Gasteiger partial charge in [0.15, 0.2) is 0 Å². The van der Waals surface area contributed by atoms with Crippen molar-refractivity contribution >= 4 is 20.4 Å². The molecule has 3 rings (SSSR count). The van der Waals surface area contributed by atoms with Crippen molar-refractivity contribution in [3.63, 3.8) is 0 Å². The molecular formula is C25H40ClFOSi. The van der Waals surface area contributed by atoms with E-state index in [4.69, 9.17) is 16.3 Å². The van der Waals surface area contributed by atoms with Crippen LogP contribution in [0, 0.1) is 17.8 Å². The molecule has 0 N–H and O–H groups in total. The predicted octanol–water partition coefficient (Wildman–Crippen LogP) is 8.21. The summed E-state index contributed by atoms with van der Waals surface area (Å²) in [6, 6.07) is 10.5. The summed E-state index contributed by atoms with van der Waals surface area (Å²) in [6.45, 7) is 1.58. The van der Waals surface area contributed by atoms with Crippen molar-refractivity contribution in [2.45, 2.75) is 95.7 Å². The van der Waals surface area contributed by atoms with Crippen molar-refractivity contribution in [1.82, 2.24) is 0 Å². The van der Waals surface area contributed by atoms with Crippen LogP contribution in [-0.2, 0) is 6.42 Å². The lowest BCUT2D eigenvalue weighted by atomic mass is 9.73. The van der Waals surface area contributed by atoms with Crippen molar-refractivity contribution in [2.24, 2.45) is 17.8 Å². The number of ether oxygens (including phenoxy) is 1. The fraction of sp³-hybridized carbons (Fsp3) is 0.760. The Morgan fingerprint density at radius 1 is 1.03 bits per heavy atom. The number of hydrogen-bond donors (Lipinski definition) is 0. The number of halogens is 2. The first-order chi connectivity index (χ1) is 14.2. The van der Waals surface area contributed by atoms with Gasteiger partial charge >= 0.3 is 0 Å². The molecule has 0 spiro atoms. The monoisotopic (exact) mass is 438 g/mol. The van der Waals surface area contributed by atoms with Gasteiger partial charge in [0.25, 0.3) is 0 Å². The third-order valence-corrected chi connectivity index (χ3v) is 11.6. The number of rotatable bonds is 10. The summed E-state index contributed by atoms with van der Waals surface area (Å²) in [4.78, 5) is 0. The van der Waals surface area contributed by atoms with Crippen molar-refractivity contribution in [3.8, 4) is 5.75 Å². The quantitative estimate of drug-likeness (QED) is 0.264. The maximum absolute atomic E-state index is 12.6. The Balaban J connectivity index is 1.32. The highest BCUT2D eigenvalue weighted by atomic mass is 35.5. The smallest absolute Gasteiger partial charge is 0.228 e. The van der Waals surface area contributed by atoms with Crippen LogP contribution in [0.4, 0.5) is 4.39 Å². The van der Waals surface area contributed by atoms with E-state index in [1.165, 1.54) is 44.9 Å². The van der Waals surface area contributed by atoms with Crippen LogP contribution in [0.2, 0.25) is 23.2 Å². The van der Waals surface area contributed by atoms with Gasteiger partial charge in [0, 0.05) is 13.8 Å². The lowest BCUT2D eigenvalue weighted by molar-refractivity contribution is 0.184. The van der Waals surface area contributed by atoms with Crippen LogP contribution < -0.4 is 4.74 Å². The molecule has 0 unspecified atom stereocenters. The van der Waals surface area contributed by atoms with Gasteiger partial charge < -0.3 is 4.74 Å². The molecule has 4 heteroatoms. The third-order valence-electron chi connectivity index (χ3n) is 7.69. The van der Waals surface area contributed by atoms with E-state index >= 15 is 0 Å². The topological polar surface area (TPSA) is 9.23 Å². The van der Waals surface area contributed by atoms with E-state index < -0.39 is 6.86 Å². The normalized spacial score (nSPS) is 27.7. The van der Waals surface area contributed by atoms with Gasteiger partial charge in [0.2, 0.25) is 6.86 Å². The van der Waals surface area contributed by atoms with Crippen LogP contribution in [0.5, 0.6) is 5.75 Å². The molecule has 1 aromatic carbocycles. The summed E-state index contributed by atoms with van der Waals surface area (Å²) in [7, 11) is -0.325. The minimum absolute atomic E-state index is 0.325. The molecule has 1 heterocycles. The van der Waals surface area contributed by atoms with Crippen LogP contribution in [0.3, 0.4) is 0 Å². The number of unbranched alkanes of at least 4 members (excludes halogenated alkanes) is 1. The number of alkyl halides is 1. The van der Waals surface area contributed by atoms with Crippen molar-refractivity contribution in [2.75, 3.05) is 6.86 Å². The first kappa shape index (κ1) is 23.1. The summed E-state index contributed by atoms with van der Waals surface area (Å²) < 4.78 is 17.7. The molecule has 1 saturated carbocycles. The largest absolute Gasteiger partial charge is 0.463 e. The SMILES string of the molecule is CCC[SiH]1CCC(C2CCC(CCCCc3ccc(Cl)cc3OCF)CC2)CC1. The lowest BCUT2D eigenvalue weighted by Gasteiger charge is -2.37. The summed E-state index contributed by atoms with van der Waals surface area (Å²) in [5.41, 5.74) is 1.08. The third kappa shape index (κ3) is 7.27. The second kappa shape index (κ2) is 12.3. The van der Waals surface area contributed by atoms with Gasteiger partial charge in [-0.3, -0.25) is 0 Å². The summed E-state index contributed by atoms with van der Waals surface area (Å²) in [6.07, 6.45) is 15.2. The predicted molar refractivity (Wildman–Crippen MR) is 126 cm³/mol. The van der Waals surface area contributed by atoms with E-state index in [2.05, 4.69) is 6.92 Å². The first-order valence-corrected chi connectivity index (χ1v) is 15.0. The lowest BCUT2D eigenvalue weighted by Crippen LogP contribution is -2.28. The van der Waals surface area contributed by atoms with Gasteiger partial charge in [-0.2, -0.15) is 0 Å². The molecule has 1 aromatic rings. The van der Waals surface area contributed by atoms with E-state index in [0.717, 1.165) is 36.2 Å². The Bertz CT molecular complexity index is 594. The number of benzene rings is 1. The highest BCUT2D eigenvalue weighted by Crippen LogP contribution is 2.42. The fourth-order valence-corrected chi connectivity index (χ4v) is 9.63. The standard InChI is InChI=1S/C25H40ClFOSi/c1-2-15-29-16-13-22(14-17-29)21-9-7-20(8-10-21)5-3-4-6-23-11-12-24(26)18-25(23)28-19-27/h11-12,18,20-22,29H,2-10,13-17,19H2,1H3. The van der Waals surface area contributed by atoms with Gasteiger partial charge in [-0.25, -0.2) is 4.39 Å². The molecule has 1 nitrogen and oxygen atoms in total. The molecule has 29 heavy (non-hydrogen) atoms. The molecule has 0 atom stereocenters. The number of hydrogen-bond acceptors (Lipinski definition) is 1. The van der Waals surface area contributed by atoms with Gasteiger partial charge in [-0.05, 0) is 61.1 Å². The molecule has 2 aliphatic rings. The average molecular weight is 439 g/mol. The van der Waals surface area contributed by atoms with Gasteiger partial charge in [0.1, 0.15) is 5.75 Å². The first-order valence-electron chi connectivity index (χ1n) is 12.2. The van der Waals surface area contributed by atoms with Crippen molar-refractivity contribution in [3.05, 3.63) is 28.8 Å². The van der Waals surface area contributed by atoms with Gasteiger partial charge in [-0.1, -0.05) is 87.7 Å². The zero-order valence-electron chi connectivity index (χ0n) is 18.3. The maximum Gasteiger partial charge on any atom is 0.228 e. The van der Waals surface area contributed by atoms with E-state index in [1.807, 2.05) is 12.1 Å². The van der Waals surface area contributed by atoms with Gasteiger partial charge in [0.05, 0.1) is 0 Å². The van der Waals surface area contributed by atoms with Crippen LogP contribution >= 0.6 is 11.6 Å².